The highest BCUT2D eigenvalue weighted by Crippen LogP contribution is 2.53. The Hall–Kier alpha value is -5.70. The second-order valence-electron chi connectivity index (χ2n) is 13.7. The molecule has 1 aromatic heterocycles. The summed E-state index contributed by atoms with van der Waals surface area (Å²) in [4.78, 5) is 2.43. The molecule has 0 aliphatic heterocycles. The standard InChI is InChI=1S/C47H33NS/c1-47(2)41-25-21-31-15-9-11-19-36(31)44(41)38-24-22-35(29-42(38)47)48(33-17-7-4-8-18-33)34-23-26-43-40(28-34)45-39(30-13-5-3-6-14-30)27-32-16-10-12-20-37(32)46(45)49-43/h3-29H,1-2H3. The zero-order valence-corrected chi connectivity index (χ0v) is 28.3. The van der Waals surface area contributed by atoms with Gasteiger partial charge in [-0.2, -0.15) is 0 Å². The molecule has 0 saturated heterocycles. The third kappa shape index (κ3) is 4.24. The first-order valence-corrected chi connectivity index (χ1v) is 17.8. The molecule has 10 rings (SSSR count). The minimum Gasteiger partial charge on any atom is -0.310 e. The maximum atomic E-state index is 2.44. The van der Waals surface area contributed by atoms with Gasteiger partial charge in [0.05, 0.1) is 0 Å². The predicted octanol–water partition coefficient (Wildman–Crippen LogP) is 13.8. The van der Waals surface area contributed by atoms with E-state index in [0.29, 0.717) is 0 Å². The van der Waals surface area contributed by atoms with E-state index >= 15 is 0 Å². The van der Waals surface area contributed by atoms with Gasteiger partial charge in [0.15, 0.2) is 0 Å². The number of para-hydroxylation sites is 1. The van der Waals surface area contributed by atoms with Crippen LogP contribution >= 0.6 is 11.3 Å². The maximum Gasteiger partial charge on any atom is 0.0468 e. The van der Waals surface area contributed by atoms with Crippen molar-refractivity contribution in [3.8, 4) is 22.3 Å². The van der Waals surface area contributed by atoms with E-state index < -0.39 is 0 Å². The van der Waals surface area contributed by atoms with Gasteiger partial charge in [-0.15, -0.1) is 11.3 Å². The van der Waals surface area contributed by atoms with Crippen molar-refractivity contribution in [2.45, 2.75) is 19.3 Å². The van der Waals surface area contributed by atoms with Crippen molar-refractivity contribution in [1.29, 1.82) is 0 Å². The smallest absolute Gasteiger partial charge is 0.0468 e. The molecule has 0 radical (unpaired) electrons. The Morgan fingerprint density at radius 3 is 1.96 bits per heavy atom. The molecule has 0 spiro atoms. The zero-order valence-electron chi connectivity index (χ0n) is 27.4. The maximum absolute atomic E-state index is 2.44. The number of hydrogen-bond donors (Lipinski definition) is 0. The van der Waals surface area contributed by atoms with Crippen LogP contribution in [0.15, 0.2) is 164 Å². The summed E-state index contributed by atoms with van der Waals surface area (Å²) in [5, 5.41) is 7.84. The molecule has 1 nitrogen and oxygen atoms in total. The number of rotatable bonds is 4. The lowest BCUT2D eigenvalue weighted by Crippen LogP contribution is -2.16. The van der Waals surface area contributed by atoms with Gasteiger partial charge in [0.25, 0.3) is 0 Å². The second-order valence-corrected chi connectivity index (χ2v) is 14.8. The topological polar surface area (TPSA) is 3.24 Å². The van der Waals surface area contributed by atoms with E-state index in [-0.39, 0.29) is 5.41 Å². The second kappa shape index (κ2) is 10.7. The van der Waals surface area contributed by atoms with Crippen LogP contribution in [0, 0.1) is 0 Å². The largest absolute Gasteiger partial charge is 0.310 e. The molecule has 0 N–H and O–H groups in total. The Morgan fingerprint density at radius 2 is 1.14 bits per heavy atom. The Morgan fingerprint density at radius 1 is 0.469 bits per heavy atom. The van der Waals surface area contributed by atoms with Gasteiger partial charge in [-0.1, -0.05) is 129 Å². The van der Waals surface area contributed by atoms with Crippen molar-refractivity contribution in [1.82, 2.24) is 0 Å². The molecule has 1 heterocycles. The van der Waals surface area contributed by atoms with Gasteiger partial charge in [0.2, 0.25) is 0 Å². The van der Waals surface area contributed by atoms with Crippen LogP contribution < -0.4 is 4.90 Å². The molecule has 49 heavy (non-hydrogen) atoms. The molecule has 0 amide bonds. The highest BCUT2D eigenvalue weighted by molar-refractivity contribution is 7.26. The Kier molecular flexibility index (Phi) is 6.16. The first kappa shape index (κ1) is 28.3. The number of nitrogens with zero attached hydrogens (tertiary/aromatic N) is 1. The van der Waals surface area contributed by atoms with Crippen molar-refractivity contribution >= 4 is 70.1 Å². The summed E-state index contributed by atoms with van der Waals surface area (Å²) in [6.45, 7) is 4.75. The van der Waals surface area contributed by atoms with Gasteiger partial charge < -0.3 is 4.90 Å². The number of anilines is 3. The first-order valence-electron chi connectivity index (χ1n) is 17.0. The molecule has 9 aromatic rings. The number of hydrogen-bond acceptors (Lipinski definition) is 2. The summed E-state index contributed by atoms with van der Waals surface area (Å²) >= 11 is 1.90. The fraction of sp³-hybridized carbons (Fsp3) is 0.0638. The number of fused-ring (bicyclic) bond motifs is 10. The molecular weight excluding hydrogens is 611 g/mol. The molecule has 232 valence electrons. The Balaban J connectivity index is 1.21. The van der Waals surface area contributed by atoms with Gasteiger partial charge in [-0.05, 0) is 103 Å². The fourth-order valence-corrected chi connectivity index (χ4v) is 9.49. The lowest BCUT2D eigenvalue weighted by atomic mass is 9.82. The predicted molar refractivity (Wildman–Crippen MR) is 212 cm³/mol. The summed E-state index contributed by atoms with van der Waals surface area (Å²) < 4.78 is 2.65. The molecular formula is C47H33NS. The van der Waals surface area contributed by atoms with Gasteiger partial charge in [0.1, 0.15) is 0 Å². The van der Waals surface area contributed by atoms with Crippen LogP contribution in [-0.4, -0.2) is 0 Å². The molecule has 1 aliphatic rings. The van der Waals surface area contributed by atoms with Crippen LogP contribution in [0.2, 0.25) is 0 Å². The van der Waals surface area contributed by atoms with Crippen LogP contribution in [0.25, 0.3) is 64.0 Å². The van der Waals surface area contributed by atoms with Crippen LogP contribution in [0.4, 0.5) is 17.1 Å². The first-order chi connectivity index (χ1) is 24.1. The summed E-state index contributed by atoms with van der Waals surface area (Å²) in [6.07, 6.45) is 0. The van der Waals surface area contributed by atoms with Gasteiger partial charge in [-0.3, -0.25) is 0 Å². The highest BCUT2D eigenvalue weighted by Gasteiger charge is 2.37. The molecule has 0 unspecified atom stereocenters. The molecule has 8 aromatic carbocycles. The molecule has 1 aliphatic carbocycles. The molecule has 0 bridgehead atoms. The fourth-order valence-electron chi connectivity index (χ4n) is 8.24. The summed E-state index contributed by atoms with van der Waals surface area (Å²) in [7, 11) is 0. The quantitative estimate of drug-likeness (QED) is 0.184. The van der Waals surface area contributed by atoms with E-state index in [1.807, 2.05) is 11.3 Å². The minimum absolute atomic E-state index is 0.119. The molecule has 2 heteroatoms. The Labute approximate surface area is 290 Å². The van der Waals surface area contributed by atoms with Crippen molar-refractivity contribution in [2.75, 3.05) is 4.90 Å². The Bertz CT molecular complexity index is 2740. The SMILES string of the molecule is CC1(C)c2cc(N(c3ccccc3)c3ccc4sc5c6ccccc6cc(-c6ccccc6)c5c4c3)ccc2-c2c1ccc1ccccc21. The van der Waals surface area contributed by atoms with E-state index in [4.69, 9.17) is 0 Å². The van der Waals surface area contributed by atoms with Gasteiger partial charge >= 0.3 is 0 Å². The normalized spacial score (nSPS) is 13.3. The average molecular weight is 644 g/mol. The summed E-state index contributed by atoms with van der Waals surface area (Å²) in [6, 6.07) is 60.5. The van der Waals surface area contributed by atoms with Crippen molar-refractivity contribution < 1.29 is 0 Å². The van der Waals surface area contributed by atoms with Crippen molar-refractivity contribution in [2.24, 2.45) is 0 Å². The van der Waals surface area contributed by atoms with Gasteiger partial charge in [0, 0.05) is 42.6 Å². The average Bonchev–Trinajstić information content (AvgIpc) is 3.64. The number of benzene rings is 8. The van der Waals surface area contributed by atoms with Crippen LogP contribution in [0.5, 0.6) is 0 Å². The minimum atomic E-state index is -0.119. The van der Waals surface area contributed by atoms with Crippen molar-refractivity contribution in [3.63, 3.8) is 0 Å². The number of thiophene rings is 1. The molecule has 0 saturated carbocycles. The van der Waals surface area contributed by atoms with Gasteiger partial charge in [-0.25, -0.2) is 0 Å². The summed E-state index contributed by atoms with van der Waals surface area (Å²) in [5.41, 5.74) is 11.4. The lowest BCUT2D eigenvalue weighted by molar-refractivity contribution is 0.661. The highest BCUT2D eigenvalue weighted by atomic mass is 32.1. The van der Waals surface area contributed by atoms with E-state index in [1.54, 1.807) is 0 Å². The van der Waals surface area contributed by atoms with Crippen LogP contribution in [-0.2, 0) is 5.41 Å². The monoisotopic (exact) mass is 643 g/mol. The van der Waals surface area contributed by atoms with Crippen LogP contribution in [0.3, 0.4) is 0 Å². The third-order valence-electron chi connectivity index (χ3n) is 10.6. The van der Waals surface area contributed by atoms with E-state index in [0.717, 1.165) is 11.4 Å². The molecule has 0 fully saturated rings. The van der Waals surface area contributed by atoms with Crippen LogP contribution in [0.1, 0.15) is 25.0 Å². The van der Waals surface area contributed by atoms with E-state index in [2.05, 4.69) is 183 Å². The molecule has 0 atom stereocenters. The summed E-state index contributed by atoms with van der Waals surface area (Å²) in [5.74, 6) is 0. The van der Waals surface area contributed by atoms with Crippen molar-refractivity contribution in [3.05, 3.63) is 175 Å². The zero-order chi connectivity index (χ0) is 32.7. The van der Waals surface area contributed by atoms with E-state index in [1.165, 1.54) is 80.8 Å². The lowest BCUT2D eigenvalue weighted by Gasteiger charge is -2.28. The van der Waals surface area contributed by atoms with E-state index in [9.17, 15) is 0 Å². The third-order valence-corrected chi connectivity index (χ3v) is 11.8.